The first kappa shape index (κ1) is 17.5. The Kier molecular flexibility index (Phi) is 6.31. The number of hydrogen-bond donors (Lipinski definition) is 2. The van der Waals surface area contributed by atoms with E-state index in [1.807, 2.05) is 42.5 Å². The first-order valence-electron chi connectivity index (χ1n) is 7.51. The Morgan fingerprint density at radius 2 is 1.38 bits per heavy atom. The quantitative estimate of drug-likeness (QED) is 0.819. The normalized spacial score (nSPS) is 9.96. The van der Waals surface area contributed by atoms with Crippen molar-refractivity contribution in [1.82, 2.24) is 10.6 Å². The number of amides is 2. The zero-order valence-electron chi connectivity index (χ0n) is 14.1. The van der Waals surface area contributed by atoms with Gasteiger partial charge in [-0.05, 0) is 35.4 Å². The maximum absolute atomic E-state index is 11.9. The first-order chi connectivity index (χ1) is 11.7. The van der Waals surface area contributed by atoms with Crippen LogP contribution < -0.4 is 24.8 Å². The van der Waals surface area contributed by atoms with Crippen LogP contribution in [-0.2, 0) is 13.1 Å². The third kappa shape index (κ3) is 4.81. The molecule has 2 aromatic rings. The molecule has 0 bridgehead atoms. The summed E-state index contributed by atoms with van der Waals surface area (Å²) in [5.41, 5.74) is 1.92. The number of hydrogen-bond acceptors (Lipinski definition) is 4. The standard InChI is InChI=1S/C18H22N2O4/c1-22-15-7-4-13(5-8-15)11-19-18(21)20-12-14-6-9-16(23-2)17(10-14)24-3/h4-10H,11-12H2,1-3H3,(H2,19,20,21). The highest BCUT2D eigenvalue weighted by atomic mass is 16.5. The van der Waals surface area contributed by atoms with E-state index in [1.54, 1.807) is 21.3 Å². The predicted molar refractivity (Wildman–Crippen MR) is 91.6 cm³/mol. The Hall–Kier alpha value is -2.89. The minimum Gasteiger partial charge on any atom is -0.497 e. The van der Waals surface area contributed by atoms with E-state index in [0.29, 0.717) is 24.6 Å². The molecule has 0 radical (unpaired) electrons. The number of benzene rings is 2. The third-order valence-electron chi connectivity index (χ3n) is 3.51. The number of carbonyl (C=O) groups is 1. The van der Waals surface area contributed by atoms with Crippen LogP contribution in [0.3, 0.4) is 0 Å². The molecule has 6 nitrogen and oxygen atoms in total. The van der Waals surface area contributed by atoms with Crippen molar-refractivity contribution in [2.45, 2.75) is 13.1 Å². The van der Waals surface area contributed by atoms with Crippen LogP contribution in [-0.4, -0.2) is 27.4 Å². The highest BCUT2D eigenvalue weighted by Crippen LogP contribution is 2.27. The van der Waals surface area contributed by atoms with Crippen molar-refractivity contribution in [3.05, 3.63) is 53.6 Å². The smallest absolute Gasteiger partial charge is 0.315 e. The summed E-state index contributed by atoms with van der Waals surface area (Å²) in [5, 5.41) is 5.62. The molecule has 2 N–H and O–H groups in total. The minimum atomic E-state index is -0.236. The molecule has 0 fully saturated rings. The van der Waals surface area contributed by atoms with Crippen LogP contribution in [0.5, 0.6) is 17.2 Å². The van der Waals surface area contributed by atoms with Gasteiger partial charge in [-0.15, -0.1) is 0 Å². The van der Waals surface area contributed by atoms with Crippen LogP contribution in [0.15, 0.2) is 42.5 Å². The number of nitrogens with one attached hydrogen (secondary N) is 2. The number of ether oxygens (including phenoxy) is 3. The van der Waals surface area contributed by atoms with E-state index in [0.717, 1.165) is 16.9 Å². The maximum Gasteiger partial charge on any atom is 0.315 e. The van der Waals surface area contributed by atoms with Crippen LogP contribution in [0, 0.1) is 0 Å². The Labute approximate surface area is 141 Å². The summed E-state index contributed by atoms with van der Waals surface area (Å²) in [4.78, 5) is 11.9. The van der Waals surface area contributed by atoms with E-state index >= 15 is 0 Å². The molecule has 2 rings (SSSR count). The number of carbonyl (C=O) groups excluding carboxylic acids is 1. The fraction of sp³-hybridized carbons (Fsp3) is 0.278. The Bertz CT molecular complexity index is 671. The molecule has 128 valence electrons. The molecule has 0 aliphatic heterocycles. The van der Waals surface area contributed by atoms with Crippen molar-refractivity contribution in [2.24, 2.45) is 0 Å². The van der Waals surface area contributed by atoms with E-state index in [9.17, 15) is 4.79 Å². The predicted octanol–water partition coefficient (Wildman–Crippen LogP) is 2.71. The molecule has 0 aliphatic rings. The van der Waals surface area contributed by atoms with E-state index in [-0.39, 0.29) is 6.03 Å². The van der Waals surface area contributed by atoms with Gasteiger partial charge in [0.25, 0.3) is 0 Å². The average Bonchev–Trinajstić information content (AvgIpc) is 2.64. The highest BCUT2D eigenvalue weighted by molar-refractivity contribution is 5.73. The van der Waals surface area contributed by atoms with Gasteiger partial charge in [0.2, 0.25) is 0 Å². The van der Waals surface area contributed by atoms with Crippen LogP contribution >= 0.6 is 0 Å². The molecular weight excluding hydrogens is 308 g/mol. The van der Waals surface area contributed by atoms with Gasteiger partial charge in [0, 0.05) is 13.1 Å². The second-order valence-corrected chi connectivity index (χ2v) is 5.07. The fourth-order valence-corrected chi connectivity index (χ4v) is 2.16. The van der Waals surface area contributed by atoms with Crippen LogP contribution in [0.1, 0.15) is 11.1 Å². The monoisotopic (exact) mass is 330 g/mol. The van der Waals surface area contributed by atoms with Gasteiger partial charge < -0.3 is 24.8 Å². The van der Waals surface area contributed by atoms with Crippen molar-refractivity contribution >= 4 is 6.03 Å². The van der Waals surface area contributed by atoms with Crippen LogP contribution in [0.25, 0.3) is 0 Å². The molecule has 24 heavy (non-hydrogen) atoms. The van der Waals surface area contributed by atoms with Crippen molar-refractivity contribution in [1.29, 1.82) is 0 Å². The van der Waals surface area contributed by atoms with Gasteiger partial charge in [0.15, 0.2) is 11.5 Å². The summed E-state index contributed by atoms with van der Waals surface area (Å²) >= 11 is 0. The number of urea groups is 1. The van der Waals surface area contributed by atoms with Gasteiger partial charge in [-0.25, -0.2) is 4.79 Å². The zero-order chi connectivity index (χ0) is 17.4. The first-order valence-corrected chi connectivity index (χ1v) is 7.51. The van der Waals surface area contributed by atoms with Crippen LogP contribution in [0.4, 0.5) is 4.79 Å². The lowest BCUT2D eigenvalue weighted by molar-refractivity contribution is 0.240. The van der Waals surface area contributed by atoms with Gasteiger partial charge in [-0.2, -0.15) is 0 Å². The molecule has 0 heterocycles. The van der Waals surface area contributed by atoms with E-state index in [2.05, 4.69) is 10.6 Å². The van der Waals surface area contributed by atoms with Gasteiger partial charge >= 0.3 is 6.03 Å². The lowest BCUT2D eigenvalue weighted by Crippen LogP contribution is -2.34. The largest absolute Gasteiger partial charge is 0.497 e. The number of methoxy groups -OCH3 is 3. The maximum atomic E-state index is 11.9. The molecule has 2 amide bonds. The molecule has 0 spiro atoms. The molecule has 2 aromatic carbocycles. The fourth-order valence-electron chi connectivity index (χ4n) is 2.16. The summed E-state index contributed by atoms with van der Waals surface area (Å²) in [6, 6.07) is 12.8. The van der Waals surface area contributed by atoms with E-state index < -0.39 is 0 Å². The Morgan fingerprint density at radius 1 is 0.792 bits per heavy atom. The summed E-state index contributed by atoms with van der Waals surface area (Å²) in [5.74, 6) is 2.08. The van der Waals surface area contributed by atoms with Crippen molar-refractivity contribution in [2.75, 3.05) is 21.3 Å². The lowest BCUT2D eigenvalue weighted by Gasteiger charge is -2.11. The highest BCUT2D eigenvalue weighted by Gasteiger charge is 2.06. The molecule has 0 saturated carbocycles. The number of rotatable bonds is 7. The van der Waals surface area contributed by atoms with Gasteiger partial charge in [-0.1, -0.05) is 18.2 Å². The van der Waals surface area contributed by atoms with E-state index in [4.69, 9.17) is 14.2 Å². The summed E-state index contributed by atoms with van der Waals surface area (Å²) in [6.45, 7) is 0.844. The molecular formula is C18H22N2O4. The SMILES string of the molecule is COc1ccc(CNC(=O)NCc2ccc(OC)c(OC)c2)cc1. The van der Waals surface area contributed by atoms with Crippen molar-refractivity contribution in [3.63, 3.8) is 0 Å². The molecule has 0 saturated heterocycles. The van der Waals surface area contributed by atoms with Crippen molar-refractivity contribution in [3.8, 4) is 17.2 Å². The van der Waals surface area contributed by atoms with Gasteiger partial charge in [0.05, 0.1) is 21.3 Å². The molecule has 0 aromatic heterocycles. The van der Waals surface area contributed by atoms with E-state index in [1.165, 1.54) is 0 Å². The summed E-state index contributed by atoms with van der Waals surface area (Å²) in [7, 11) is 4.79. The van der Waals surface area contributed by atoms with Crippen molar-refractivity contribution < 1.29 is 19.0 Å². The molecule has 6 heteroatoms. The van der Waals surface area contributed by atoms with Gasteiger partial charge in [0.1, 0.15) is 5.75 Å². The average molecular weight is 330 g/mol. The Morgan fingerprint density at radius 3 is 1.96 bits per heavy atom. The second-order valence-electron chi connectivity index (χ2n) is 5.07. The minimum absolute atomic E-state index is 0.236. The second kappa shape index (κ2) is 8.67. The summed E-state index contributed by atoms with van der Waals surface area (Å²) in [6.07, 6.45) is 0. The van der Waals surface area contributed by atoms with Crippen LogP contribution in [0.2, 0.25) is 0 Å². The lowest BCUT2D eigenvalue weighted by atomic mass is 10.2. The van der Waals surface area contributed by atoms with Gasteiger partial charge in [-0.3, -0.25) is 0 Å². The zero-order valence-corrected chi connectivity index (χ0v) is 14.1. The summed E-state index contributed by atoms with van der Waals surface area (Å²) < 4.78 is 15.5. The third-order valence-corrected chi connectivity index (χ3v) is 3.51. The molecule has 0 unspecified atom stereocenters. The molecule has 0 aliphatic carbocycles. The molecule has 0 atom stereocenters. The topological polar surface area (TPSA) is 68.8 Å². The Balaban J connectivity index is 1.82.